The molecule has 0 bridgehead atoms. The summed E-state index contributed by atoms with van der Waals surface area (Å²) in [5.74, 6) is -1.11. The first-order valence-corrected chi connectivity index (χ1v) is 23.5. The number of phosphoric ester groups is 1. The number of allylic oxidation sites excluding steroid dienone is 15. The van der Waals surface area contributed by atoms with E-state index in [9.17, 15) is 24.2 Å². The lowest BCUT2D eigenvalue weighted by Crippen LogP contribution is -2.37. The van der Waals surface area contributed by atoms with Crippen molar-refractivity contribution in [2.75, 3.05) is 47.5 Å². The first-order chi connectivity index (χ1) is 28.4. The number of likely N-dealkylation sites (N-methyl/N-ethyl adjacent to an activating group) is 1. The number of aliphatic hydroxyl groups excluding tert-OH is 1. The van der Waals surface area contributed by atoms with Crippen LogP contribution in [0.15, 0.2) is 97.2 Å². The quantitative estimate of drug-likeness (QED) is 0.0161. The van der Waals surface area contributed by atoms with Gasteiger partial charge in [0.05, 0.1) is 33.9 Å². The minimum Gasteiger partial charge on any atom is -0.756 e. The largest absolute Gasteiger partial charge is 0.756 e. The fourth-order valence-corrected chi connectivity index (χ4v) is 5.96. The van der Waals surface area contributed by atoms with Gasteiger partial charge in [-0.05, 0) is 77.0 Å². The molecule has 11 heteroatoms. The van der Waals surface area contributed by atoms with Gasteiger partial charge in [0.15, 0.2) is 6.10 Å². The second-order valence-electron chi connectivity index (χ2n) is 15.5. The standard InChI is InChI=1S/C48H80NO9P/c1-6-8-10-12-14-16-18-20-21-22-23-25-27-29-31-33-35-39-47(51)55-43-46(44-57-59(53,54)56-42-41-49(3,4)5)58-48(52)40-36-38-45(50)37-34-32-30-28-26-24-19-17-15-13-11-9-7-2/h8,10,14,16,20-21,23-26,29-32,34,37,45-46,50H,6-7,9,11-13,15,17-19,22,27-28,33,35-36,38-44H2,1-5H3/b10-8-,16-14-,21-20-,25-23-,26-24+,31-29-,32-30+,37-34+/t45?,46-/m1/s1. The van der Waals surface area contributed by atoms with Crippen molar-refractivity contribution in [3.63, 3.8) is 0 Å². The molecule has 0 amide bonds. The van der Waals surface area contributed by atoms with Gasteiger partial charge in [-0.25, -0.2) is 0 Å². The molecule has 0 saturated heterocycles. The van der Waals surface area contributed by atoms with E-state index in [1.165, 1.54) is 38.5 Å². The molecular weight excluding hydrogens is 765 g/mol. The highest BCUT2D eigenvalue weighted by Crippen LogP contribution is 2.38. The minimum atomic E-state index is -4.70. The van der Waals surface area contributed by atoms with E-state index in [1.807, 2.05) is 39.4 Å². The maximum Gasteiger partial charge on any atom is 0.306 e. The molecule has 0 heterocycles. The second kappa shape index (κ2) is 39.1. The highest BCUT2D eigenvalue weighted by atomic mass is 31.2. The number of carbonyl (C=O) groups excluding carboxylic acids is 2. The number of rotatable bonds is 38. The predicted octanol–water partition coefficient (Wildman–Crippen LogP) is 10.9. The fraction of sp³-hybridized carbons (Fsp3) is 0.625. The lowest BCUT2D eigenvalue weighted by Gasteiger charge is -2.28. The van der Waals surface area contributed by atoms with Gasteiger partial charge >= 0.3 is 11.9 Å². The molecule has 0 aliphatic carbocycles. The summed E-state index contributed by atoms with van der Waals surface area (Å²) in [4.78, 5) is 37.5. The Bertz CT molecular complexity index is 1340. The van der Waals surface area contributed by atoms with Crippen molar-refractivity contribution in [1.29, 1.82) is 0 Å². The summed E-state index contributed by atoms with van der Waals surface area (Å²) in [5, 5.41) is 10.3. The van der Waals surface area contributed by atoms with Crippen LogP contribution in [0.3, 0.4) is 0 Å². The molecule has 0 saturated carbocycles. The van der Waals surface area contributed by atoms with Gasteiger partial charge in [0.2, 0.25) is 0 Å². The zero-order valence-electron chi connectivity index (χ0n) is 37.3. The van der Waals surface area contributed by atoms with E-state index in [2.05, 4.69) is 80.7 Å². The van der Waals surface area contributed by atoms with Crippen molar-refractivity contribution in [2.45, 2.75) is 148 Å². The Morgan fingerprint density at radius 1 is 0.644 bits per heavy atom. The first kappa shape index (κ1) is 55.9. The van der Waals surface area contributed by atoms with Gasteiger partial charge in [0, 0.05) is 12.8 Å². The van der Waals surface area contributed by atoms with Crippen LogP contribution in [-0.2, 0) is 32.7 Å². The lowest BCUT2D eigenvalue weighted by molar-refractivity contribution is -0.870. The molecule has 3 atom stereocenters. The Morgan fingerprint density at radius 3 is 1.80 bits per heavy atom. The number of hydrogen-bond donors (Lipinski definition) is 1. The average molecular weight is 846 g/mol. The minimum absolute atomic E-state index is 0.0170. The van der Waals surface area contributed by atoms with E-state index in [0.29, 0.717) is 36.7 Å². The highest BCUT2D eigenvalue weighted by molar-refractivity contribution is 7.45. The average Bonchev–Trinajstić information content (AvgIpc) is 3.18. The Hall–Kier alpha value is -3.11. The van der Waals surface area contributed by atoms with Crippen LogP contribution in [0.1, 0.15) is 136 Å². The molecule has 0 rings (SSSR count). The molecule has 0 aromatic carbocycles. The highest BCUT2D eigenvalue weighted by Gasteiger charge is 2.22. The third-order valence-electron chi connectivity index (χ3n) is 8.69. The lowest BCUT2D eigenvalue weighted by atomic mass is 10.1. The maximum atomic E-state index is 12.7. The van der Waals surface area contributed by atoms with E-state index >= 15 is 0 Å². The predicted molar refractivity (Wildman–Crippen MR) is 241 cm³/mol. The van der Waals surface area contributed by atoms with Crippen LogP contribution in [0.4, 0.5) is 0 Å². The Morgan fingerprint density at radius 2 is 1.19 bits per heavy atom. The van der Waals surface area contributed by atoms with Crippen LogP contribution < -0.4 is 4.89 Å². The van der Waals surface area contributed by atoms with Crippen molar-refractivity contribution in [2.24, 2.45) is 0 Å². The van der Waals surface area contributed by atoms with Gasteiger partial charge in [-0.3, -0.25) is 14.2 Å². The molecule has 0 aromatic heterocycles. The summed E-state index contributed by atoms with van der Waals surface area (Å²) in [6.45, 7) is 3.79. The molecule has 1 N–H and O–H groups in total. The molecule has 0 fully saturated rings. The van der Waals surface area contributed by atoms with Gasteiger partial charge in [-0.1, -0.05) is 143 Å². The van der Waals surface area contributed by atoms with Crippen LogP contribution in [0.5, 0.6) is 0 Å². The third kappa shape index (κ3) is 42.8. The maximum absolute atomic E-state index is 12.7. The number of unbranched alkanes of at least 4 members (excludes halogenated alkanes) is 7. The normalized spacial score (nSPS) is 15.0. The van der Waals surface area contributed by atoms with Crippen LogP contribution in [0.2, 0.25) is 0 Å². The molecule has 10 nitrogen and oxygen atoms in total. The Kier molecular flexibility index (Phi) is 37.0. The molecule has 0 radical (unpaired) electrons. The molecule has 2 unspecified atom stereocenters. The molecule has 0 aromatic rings. The fourth-order valence-electron chi connectivity index (χ4n) is 5.23. The summed E-state index contributed by atoms with van der Waals surface area (Å²) in [6, 6.07) is 0. The smallest absolute Gasteiger partial charge is 0.306 e. The molecule has 0 spiro atoms. The third-order valence-corrected chi connectivity index (χ3v) is 9.66. The monoisotopic (exact) mass is 846 g/mol. The van der Waals surface area contributed by atoms with E-state index in [0.717, 1.165) is 44.9 Å². The number of hydrogen-bond acceptors (Lipinski definition) is 9. The summed E-state index contributed by atoms with van der Waals surface area (Å²) in [5.41, 5.74) is 0. The van der Waals surface area contributed by atoms with Crippen LogP contribution in [-0.4, -0.2) is 81.2 Å². The van der Waals surface area contributed by atoms with Crippen molar-refractivity contribution in [1.82, 2.24) is 0 Å². The zero-order chi connectivity index (χ0) is 43.7. The number of ether oxygens (including phenoxy) is 2. The summed E-state index contributed by atoms with van der Waals surface area (Å²) >= 11 is 0. The Labute approximate surface area is 358 Å². The number of quaternary nitrogens is 1. The molecule has 0 aliphatic rings. The van der Waals surface area contributed by atoms with Crippen LogP contribution in [0, 0.1) is 0 Å². The number of phosphoric acid groups is 1. The van der Waals surface area contributed by atoms with Crippen molar-refractivity contribution in [3.8, 4) is 0 Å². The van der Waals surface area contributed by atoms with Crippen LogP contribution >= 0.6 is 7.82 Å². The van der Waals surface area contributed by atoms with Crippen LogP contribution in [0.25, 0.3) is 0 Å². The summed E-state index contributed by atoms with van der Waals surface area (Å²) in [7, 11) is 1.00. The molecule has 336 valence electrons. The summed E-state index contributed by atoms with van der Waals surface area (Å²) < 4.78 is 33.6. The van der Waals surface area contributed by atoms with Gasteiger partial charge in [-0.15, -0.1) is 0 Å². The summed E-state index contributed by atoms with van der Waals surface area (Å²) in [6.07, 6.45) is 47.6. The SMILES string of the molecule is CC/C=C\C/C=C\C/C=C\C/C=C\C/C=C\CCCC(=O)OC[C@H](COP(=O)([O-])OCC[N+](C)(C)C)OC(=O)CCCC(O)/C=C/C=C/C/C=C/CCCCCCCC. The van der Waals surface area contributed by atoms with Gasteiger partial charge in [0.25, 0.3) is 7.82 Å². The number of esters is 2. The topological polar surface area (TPSA) is 131 Å². The number of nitrogens with zero attached hydrogens (tertiary/aromatic N) is 1. The van der Waals surface area contributed by atoms with Crippen molar-refractivity contribution >= 4 is 19.8 Å². The number of carbonyl (C=O) groups is 2. The van der Waals surface area contributed by atoms with Gasteiger partial charge in [0.1, 0.15) is 19.8 Å². The molecule has 59 heavy (non-hydrogen) atoms. The molecule has 0 aliphatic heterocycles. The van der Waals surface area contributed by atoms with E-state index in [-0.39, 0.29) is 26.1 Å². The van der Waals surface area contributed by atoms with E-state index < -0.39 is 38.6 Å². The van der Waals surface area contributed by atoms with E-state index in [1.54, 1.807) is 12.2 Å². The van der Waals surface area contributed by atoms with Gasteiger partial charge in [-0.2, -0.15) is 0 Å². The first-order valence-electron chi connectivity index (χ1n) is 22.1. The van der Waals surface area contributed by atoms with Crippen molar-refractivity contribution in [3.05, 3.63) is 97.2 Å². The molecular formula is C48H80NO9P. The van der Waals surface area contributed by atoms with E-state index in [4.69, 9.17) is 18.5 Å². The zero-order valence-corrected chi connectivity index (χ0v) is 38.2. The number of aliphatic hydroxyl groups is 1. The van der Waals surface area contributed by atoms with Crippen molar-refractivity contribution < 1.29 is 47.2 Å². The second-order valence-corrected chi connectivity index (χ2v) is 16.9. The Balaban J connectivity index is 4.66. The van der Waals surface area contributed by atoms with Gasteiger partial charge < -0.3 is 33.0 Å².